The highest BCUT2D eigenvalue weighted by Crippen LogP contribution is 2.42. The highest BCUT2D eigenvalue weighted by Gasteiger charge is 2.43. The number of ether oxygens (including phenoxy) is 1. The van der Waals surface area contributed by atoms with Crippen LogP contribution in [-0.4, -0.2) is 25.6 Å². The lowest BCUT2D eigenvalue weighted by Crippen LogP contribution is -2.47. The molecule has 3 N–H and O–H groups in total. The van der Waals surface area contributed by atoms with E-state index >= 15 is 0 Å². The summed E-state index contributed by atoms with van der Waals surface area (Å²) < 4.78 is 5.22. The maximum Gasteiger partial charge on any atom is 0.230 e. The Morgan fingerprint density at radius 1 is 1.32 bits per heavy atom. The van der Waals surface area contributed by atoms with E-state index in [1.165, 1.54) is 12.8 Å². The molecule has 0 aromatic heterocycles. The summed E-state index contributed by atoms with van der Waals surface area (Å²) in [5.41, 5.74) is 6.84. The molecule has 0 heterocycles. The number of carbonyl (C=O) groups excluding carboxylic acids is 1. The summed E-state index contributed by atoms with van der Waals surface area (Å²) >= 11 is 0. The van der Waals surface area contributed by atoms with E-state index in [2.05, 4.69) is 5.32 Å². The molecule has 2 aliphatic carbocycles. The standard InChI is InChI=1S/C18H26N2O2/c1-22-15-8-6-14(7-9-15)18(10-2-3-11-18)17(21)20-12-16(19)13-4-5-13/h6-9,13,16H,2-5,10-12,19H2,1H3,(H,20,21). The van der Waals surface area contributed by atoms with Crippen molar-refractivity contribution in [3.63, 3.8) is 0 Å². The van der Waals surface area contributed by atoms with Gasteiger partial charge in [0.1, 0.15) is 5.75 Å². The second kappa shape index (κ2) is 6.29. The van der Waals surface area contributed by atoms with Crippen LogP contribution in [0.2, 0.25) is 0 Å². The van der Waals surface area contributed by atoms with Gasteiger partial charge in [0.2, 0.25) is 5.91 Å². The zero-order valence-corrected chi connectivity index (χ0v) is 13.3. The second-order valence-electron chi connectivity index (χ2n) is 6.73. The van der Waals surface area contributed by atoms with Gasteiger partial charge in [-0.15, -0.1) is 0 Å². The van der Waals surface area contributed by atoms with Gasteiger partial charge in [0.15, 0.2) is 0 Å². The van der Waals surface area contributed by atoms with Crippen molar-refractivity contribution in [2.75, 3.05) is 13.7 Å². The van der Waals surface area contributed by atoms with Crippen molar-refractivity contribution in [1.29, 1.82) is 0 Å². The van der Waals surface area contributed by atoms with Gasteiger partial charge in [-0.05, 0) is 49.3 Å². The van der Waals surface area contributed by atoms with Gasteiger partial charge < -0.3 is 15.8 Å². The van der Waals surface area contributed by atoms with E-state index in [-0.39, 0.29) is 17.4 Å². The molecule has 1 amide bonds. The lowest BCUT2D eigenvalue weighted by molar-refractivity contribution is -0.126. The van der Waals surface area contributed by atoms with Crippen LogP contribution in [0.1, 0.15) is 44.1 Å². The third kappa shape index (κ3) is 2.98. The van der Waals surface area contributed by atoms with Crippen molar-refractivity contribution >= 4 is 5.91 Å². The van der Waals surface area contributed by atoms with Crippen LogP contribution >= 0.6 is 0 Å². The van der Waals surface area contributed by atoms with E-state index in [0.717, 1.165) is 37.0 Å². The molecule has 3 rings (SSSR count). The number of hydrogen-bond donors (Lipinski definition) is 2. The van der Waals surface area contributed by atoms with Crippen LogP contribution in [0.4, 0.5) is 0 Å². The quantitative estimate of drug-likeness (QED) is 0.848. The van der Waals surface area contributed by atoms with E-state index in [9.17, 15) is 4.79 Å². The minimum absolute atomic E-state index is 0.110. The largest absolute Gasteiger partial charge is 0.497 e. The summed E-state index contributed by atoms with van der Waals surface area (Å²) in [4.78, 5) is 12.9. The number of hydrogen-bond acceptors (Lipinski definition) is 3. The van der Waals surface area contributed by atoms with Gasteiger partial charge >= 0.3 is 0 Å². The third-order valence-electron chi connectivity index (χ3n) is 5.26. The Kier molecular flexibility index (Phi) is 4.39. The third-order valence-corrected chi connectivity index (χ3v) is 5.26. The number of nitrogens with two attached hydrogens (primary N) is 1. The second-order valence-corrected chi connectivity index (χ2v) is 6.73. The molecule has 1 aromatic rings. The zero-order chi connectivity index (χ0) is 15.6. The first-order valence-corrected chi connectivity index (χ1v) is 8.34. The molecule has 0 saturated heterocycles. The van der Waals surface area contributed by atoms with E-state index in [0.29, 0.717) is 12.5 Å². The van der Waals surface area contributed by atoms with E-state index in [4.69, 9.17) is 10.5 Å². The average Bonchev–Trinajstić information content (AvgIpc) is 3.29. The van der Waals surface area contributed by atoms with Crippen molar-refractivity contribution in [2.24, 2.45) is 11.7 Å². The molecule has 0 radical (unpaired) electrons. The average molecular weight is 302 g/mol. The maximum absolute atomic E-state index is 12.9. The van der Waals surface area contributed by atoms with Crippen LogP contribution < -0.4 is 15.8 Å². The molecule has 0 spiro atoms. The number of nitrogens with one attached hydrogen (secondary N) is 1. The Morgan fingerprint density at radius 3 is 2.50 bits per heavy atom. The molecule has 1 aromatic carbocycles. The number of benzene rings is 1. The van der Waals surface area contributed by atoms with Gasteiger partial charge in [-0.3, -0.25) is 4.79 Å². The van der Waals surface area contributed by atoms with E-state index in [1.807, 2.05) is 24.3 Å². The smallest absolute Gasteiger partial charge is 0.230 e. The minimum Gasteiger partial charge on any atom is -0.497 e. The molecule has 0 aliphatic heterocycles. The van der Waals surface area contributed by atoms with Crippen molar-refractivity contribution in [2.45, 2.75) is 50.0 Å². The SMILES string of the molecule is COc1ccc(C2(C(=O)NCC(N)C3CC3)CCCC2)cc1. The van der Waals surface area contributed by atoms with Gasteiger partial charge in [-0.25, -0.2) is 0 Å². The minimum atomic E-state index is -0.379. The van der Waals surface area contributed by atoms with Crippen LogP contribution in [0, 0.1) is 5.92 Å². The van der Waals surface area contributed by atoms with Crippen LogP contribution in [0.5, 0.6) is 5.75 Å². The normalized spacial score (nSPS) is 21.4. The number of amides is 1. The van der Waals surface area contributed by atoms with Crippen LogP contribution in [0.25, 0.3) is 0 Å². The van der Waals surface area contributed by atoms with E-state index < -0.39 is 0 Å². The first-order valence-electron chi connectivity index (χ1n) is 8.34. The highest BCUT2D eigenvalue weighted by atomic mass is 16.5. The zero-order valence-electron chi connectivity index (χ0n) is 13.3. The highest BCUT2D eigenvalue weighted by molar-refractivity contribution is 5.88. The topological polar surface area (TPSA) is 64.3 Å². The van der Waals surface area contributed by atoms with Gasteiger partial charge in [-0.2, -0.15) is 0 Å². The predicted octanol–water partition coefficient (Wildman–Crippen LogP) is 2.36. The molecule has 1 atom stereocenters. The Balaban J connectivity index is 1.73. The van der Waals surface area contributed by atoms with Crippen molar-refractivity contribution in [1.82, 2.24) is 5.32 Å². The lowest BCUT2D eigenvalue weighted by Gasteiger charge is -2.29. The van der Waals surface area contributed by atoms with Crippen LogP contribution in [0.15, 0.2) is 24.3 Å². The fourth-order valence-corrected chi connectivity index (χ4v) is 3.61. The van der Waals surface area contributed by atoms with Crippen molar-refractivity contribution in [3.05, 3.63) is 29.8 Å². The molecule has 1 unspecified atom stereocenters. The molecular formula is C18H26N2O2. The van der Waals surface area contributed by atoms with Gasteiger partial charge in [0, 0.05) is 12.6 Å². The van der Waals surface area contributed by atoms with Gasteiger partial charge in [0.05, 0.1) is 12.5 Å². The van der Waals surface area contributed by atoms with Gasteiger partial charge in [0.25, 0.3) is 0 Å². The number of methoxy groups -OCH3 is 1. The van der Waals surface area contributed by atoms with Crippen molar-refractivity contribution in [3.8, 4) is 5.75 Å². The van der Waals surface area contributed by atoms with Crippen molar-refractivity contribution < 1.29 is 9.53 Å². The van der Waals surface area contributed by atoms with Crippen LogP contribution in [-0.2, 0) is 10.2 Å². The molecule has 2 fully saturated rings. The fraction of sp³-hybridized carbons (Fsp3) is 0.611. The Morgan fingerprint density at radius 2 is 1.95 bits per heavy atom. The molecule has 120 valence electrons. The predicted molar refractivity (Wildman–Crippen MR) is 86.8 cm³/mol. The Hall–Kier alpha value is -1.55. The first-order chi connectivity index (χ1) is 10.7. The molecule has 0 bridgehead atoms. The molecule has 2 saturated carbocycles. The Labute approximate surface area is 132 Å². The summed E-state index contributed by atoms with van der Waals surface area (Å²) in [6.45, 7) is 0.599. The molecule has 22 heavy (non-hydrogen) atoms. The summed E-state index contributed by atoms with van der Waals surface area (Å²) in [6, 6.07) is 8.06. The van der Waals surface area contributed by atoms with Crippen LogP contribution in [0.3, 0.4) is 0 Å². The summed E-state index contributed by atoms with van der Waals surface area (Å²) in [7, 11) is 1.66. The number of rotatable bonds is 6. The monoisotopic (exact) mass is 302 g/mol. The summed E-state index contributed by atoms with van der Waals surface area (Å²) in [5.74, 6) is 1.58. The molecule has 4 heteroatoms. The van der Waals surface area contributed by atoms with E-state index in [1.54, 1.807) is 7.11 Å². The lowest BCUT2D eigenvalue weighted by atomic mass is 9.78. The fourth-order valence-electron chi connectivity index (χ4n) is 3.61. The molecule has 2 aliphatic rings. The molecule has 4 nitrogen and oxygen atoms in total. The maximum atomic E-state index is 12.9. The molecular weight excluding hydrogens is 276 g/mol. The number of carbonyl (C=O) groups is 1. The Bertz CT molecular complexity index is 516. The first kappa shape index (κ1) is 15.3. The summed E-state index contributed by atoms with van der Waals surface area (Å²) in [6.07, 6.45) is 6.47. The van der Waals surface area contributed by atoms with Gasteiger partial charge in [-0.1, -0.05) is 25.0 Å². The summed E-state index contributed by atoms with van der Waals surface area (Å²) in [5, 5.41) is 3.12.